The zero-order chi connectivity index (χ0) is 19.1. The molecule has 1 aliphatic heterocycles. The summed E-state index contributed by atoms with van der Waals surface area (Å²) >= 11 is 1.35. The maximum absolute atomic E-state index is 10.4. The number of hydrogen-bond acceptors (Lipinski definition) is 7. The van der Waals surface area contributed by atoms with Gasteiger partial charge in [-0.1, -0.05) is 12.2 Å². The topological polar surface area (TPSA) is 91.0 Å². The number of carbonyl (C=O) groups is 1. The summed E-state index contributed by atoms with van der Waals surface area (Å²) in [5.41, 5.74) is 1.71. The van der Waals surface area contributed by atoms with E-state index in [1.807, 2.05) is 37.3 Å². The first kappa shape index (κ1) is 22.8. The zero-order valence-corrected chi connectivity index (χ0v) is 15.8. The van der Waals surface area contributed by atoms with E-state index in [0.29, 0.717) is 37.0 Å². The van der Waals surface area contributed by atoms with E-state index in [1.54, 1.807) is 0 Å². The number of thioether (sulfide) groups is 1. The van der Waals surface area contributed by atoms with Crippen LogP contribution in [0.15, 0.2) is 34.8 Å². The summed E-state index contributed by atoms with van der Waals surface area (Å²) in [5.74, 6) is 2.72. The Balaban J connectivity index is 0.00000280. The normalized spacial score (nSPS) is 12.3. The Bertz CT molecular complexity index is 823. The fraction of sp³-hybridized carbons (Fsp3) is 0.368. The van der Waals surface area contributed by atoms with Gasteiger partial charge >= 0.3 is 35.5 Å². The summed E-state index contributed by atoms with van der Waals surface area (Å²) in [6.07, 6.45) is 4.46. The van der Waals surface area contributed by atoms with Crippen molar-refractivity contribution < 1.29 is 28.5 Å². The molecule has 9 heteroatoms. The number of aliphatic carboxylic acids is 1. The van der Waals surface area contributed by atoms with Crippen LogP contribution in [0.5, 0.6) is 11.5 Å². The minimum absolute atomic E-state index is 0. The third-order valence-corrected chi connectivity index (χ3v) is 4.69. The monoisotopic (exact) mass is 415 g/mol. The molecule has 146 valence electrons. The zero-order valence-electron chi connectivity index (χ0n) is 15.0. The van der Waals surface area contributed by atoms with Gasteiger partial charge in [-0.25, -0.2) is 4.98 Å². The first-order valence-corrected chi connectivity index (χ1v) is 9.67. The summed E-state index contributed by atoms with van der Waals surface area (Å²) in [6.45, 7) is 3.14. The van der Waals surface area contributed by atoms with E-state index in [4.69, 9.17) is 23.7 Å². The molecular weight excluding hydrogens is 393 g/mol. The molecular formula is C19H22NNaO6S. The van der Waals surface area contributed by atoms with Gasteiger partial charge in [0.1, 0.15) is 5.76 Å². The molecule has 0 unspecified atom stereocenters. The number of oxazole rings is 1. The molecule has 0 saturated carbocycles. The van der Waals surface area contributed by atoms with Crippen molar-refractivity contribution in [3.63, 3.8) is 0 Å². The van der Waals surface area contributed by atoms with Crippen molar-refractivity contribution in [3.8, 4) is 23.0 Å². The van der Waals surface area contributed by atoms with Gasteiger partial charge in [-0.3, -0.25) is 4.79 Å². The number of fused-ring (bicyclic) bond motifs is 1. The molecule has 0 atom stereocenters. The van der Waals surface area contributed by atoms with E-state index in [0.717, 1.165) is 22.8 Å². The molecule has 2 heterocycles. The number of hydrogen-bond donors (Lipinski definition) is 1. The molecule has 0 bridgehead atoms. The van der Waals surface area contributed by atoms with Crippen molar-refractivity contribution in [2.45, 2.75) is 13.3 Å². The van der Waals surface area contributed by atoms with Gasteiger partial charge in [-0.15, -0.1) is 11.8 Å². The molecule has 1 aromatic heterocycles. The second-order valence-corrected chi connectivity index (χ2v) is 6.83. The van der Waals surface area contributed by atoms with Crippen LogP contribution >= 0.6 is 11.8 Å². The summed E-state index contributed by atoms with van der Waals surface area (Å²) in [5, 5.41) is 8.54. The minimum atomic E-state index is -0.798. The Hall–Kier alpha value is -1.45. The third-order valence-electron chi connectivity index (χ3n) is 3.82. The van der Waals surface area contributed by atoms with E-state index >= 15 is 0 Å². The van der Waals surface area contributed by atoms with Crippen LogP contribution in [0.1, 0.15) is 11.5 Å². The van der Waals surface area contributed by atoms with Gasteiger partial charge in [0.25, 0.3) is 0 Å². The Morgan fingerprint density at radius 3 is 2.96 bits per heavy atom. The number of carboxylic acid groups (broad SMARTS) is 1. The predicted octanol–water partition coefficient (Wildman–Crippen LogP) is 2.66. The van der Waals surface area contributed by atoms with Crippen molar-refractivity contribution in [1.29, 1.82) is 0 Å². The second kappa shape index (κ2) is 11.5. The number of carboxylic acids is 1. The molecule has 2 aromatic rings. The van der Waals surface area contributed by atoms with Crippen LogP contribution < -0.4 is 9.47 Å². The van der Waals surface area contributed by atoms with E-state index < -0.39 is 5.97 Å². The van der Waals surface area contributed by atoms with E-state index in [1.165, 1.54) is 11.8 Å². The van der Waals surface area contributed by atoms with Crippen molar-refractivity contribution in [3.05, 3.63) is 41.8 Å². The second-order valence-electron chi connectivity index (χ2n) is 5.80. The molecule has 1 aliphatic rings. The van der Waals surface area contributed by atoms with Crippen LogP contribution in [-0.2, 0) is 16.0 Å². The quantitative estimate of drug-likeness (QED) is 0.360. The number of nitrogens with zero attached hydrogens (tertiary/aromatic N) is 1. The van der Waals surface area contributed by atoms with Gasteiger partial charge in [-0.05, 0) is 25.1 Å². The first-order valence-electron chi connectivity index (χ1n) is 8.52. The molecule has 0 spiro atoms. The number of aryl methyl sites for hydroxylation is 1. The van der Waals surface area contributed by atoms with Crippen molar-refractivity contribution >= 4 is 47.3 Å². The van der Waals surface area contributed by atoms with Gasteiger partial charge in [0.2, 0.25) is 12.7 Å². The van der Waals surface area contributed by atoms with Crippen molar-refractivity contribution in [2.75, 3.05) is 31.5 Å². The number of benzene rings is 1. The Morgan fingerprint density at radius 1 is 1.32 bits per heavy atom. The molecule has 0 aliphatic carbocycles. The third kappa shape index (κ3) is 6.56. The summed E-state index contributed by atoms with van der Waals surface area (Å²) in [4.78, 5) is 14.9. The Morgan fingerprint density at radius 2 is 2.14 bits per heavy atom. The van der Waals surface area contributed by atoms with Gasteiger partial charge in [-0.2, -0.15) is 0 Å². The molecule has 1 aromatic carbocycles. The van der Waals surface area contributed by atoms with Crippen LogP contribution in [0, 0.1) is 6.92 Å². The van der Waals surface area contributed by atoms with Gasteiger partial charge in [0, 0.05) is 17.7 Å². The predicted molar refractivity (Wildman–Crippen MR) is 109 cm³/mol. The molecule has 3 rings (SSSR count). The maximum atomic E-state index is 10.4. The summed E-state index contributed by atoms with van der Waals surface area (Å²) in [7, 11) is 0. The SMILES string of the molecule is Cc1oc(-c2ccc3c(c2)OCO3)nc1CCOCC=CCSCC(=O)O.[NaH]. The van der Waals surface area contributed by atoms with E-state index in [9.17, 15) is 4.79 Å². The number of aromatic nitrogens is 1. The Labute approximate surface area is 189 Å². The molecule has 28 heavy (non-hydrogen) atoms. The molecule has 0 radical (unpaired) electrons. The molecule has 1 N–H and O–H groups in total. The van der Waals surface area contributed by atoms with Crippen LogP contribution in [0.4, 0.5) is 0 Å². The molecule has 7 nitrogen and oxygen atoms in total. The standard InChI is InChI=1S/C19H21NO6S.Na.H/c1-13-15(6-8-23-7-2-3-9-27-11-18(21)22)20-19(26-13)14-4-5-16-17(10-14)25-12-24-16;;/h2-5,10H,6-9,11-12H2,1H3,(H,21,22);;. The molecule has 0 saturated heterocycles. The number of rotatable bonds is 10. The fourth-order valence-corrected chi connectivity index (χ4v) is 3.05. The Kier molecular flexibility index (Phi) is 9.40. The molecule has 0 fully saturated rings. The van der Waals surface area contributed by atoms with Crippen LogP contribution in [0.25, 0.3) is 11.5 Å². The number of ether oxygens (including phenoxy) is 3. The van der Waals surface area contributed by atoms with Crippen LogP contribution in [-0.4, -0.2) is 77.1 Å². The average molecular weight is 415 g/mol. The van der Waals surface area contributed by atoms with Crippen LogP contribution in [0.2, 0.25) is 0 Å². The average Bonchev–Trinajstić information content (AvgIpc) is 3.26. The van der Waals surface area contributed by atoms with Crippen LogP contribution in [0.3, 0.4) is 0 Å². The fourth-order valence-electron chi connectivity index (χ4n) is 2.48. The van der Waals surface area contributed by atoms with E-state index in [2.05, 4.69) is 4.98 Å². The van der Waals surface area contributed by atoms with Crippen molar-refractivity contribution in [2.24, 2.45) is 0 Å². The van der Waals surface area contributed by atoms with Gasteiger partial charge in [0.05, 0.1) is 24.7 Å². The molecule has 0 amide bonds. The first-order chi connectivity index (χ1) is 13.1. The van der Waals surface area contributed by atoms with Gasteiger partial charge in [0.15, 0.2) is 11.5 Å². The van der Waals surface area contributed by atoms with Crippen molar-refractivity contribution in [1.82, 2.24) is 4.98 Å². The summed E-state index contributed by atoms with van der Waals surface area (Å²) < 4.78 is 22.0. The van der Waals surface area contributed by atoms with Gasteiger partial charge < -0.3 is 23.7 Å². The summed E-state index contributed by atoms with van der Waals surface area (Å²) in [6, 6.07) is 5.61. The van der Waals surface area contributed by atoms with E-state index in [-0.39, 0.29) is 42.1 Å².